The molecule has 1 saturated carbocycles. The maximum atomic E-state index is 12.9. The van der Waals surface area contributed by atoms with Crippen LogP contribution in [0.2, 0.25) is 0 Å². The van der Waals surface area contributed by atoms with Crippen molar-refractivity contribution in [1.82, 2.24) is 29.3 Å². The van der Waals surface area contributed by atoms with Crippen LogP contribution in [0, 0.1) is 0 Å². The summed E-state index contributed by atoms with van der Waals surface area (Å²) in [7, 11) is 0. The Morgan fingerprint density at radius 2 is 1.91 bits per heavy atom. The van der Waals surface area contributed by atoms with E-state index in [2.05, 4.69) is 25.5 Å². The number of anilines is 2. The molecule has 0 amide bonds. The number of imidazole rings is 1. The Bertz CT molecular complexity index is 1410. The maximum absolute atomic E-state index is 12.9. The van der Waals surface area contributed by atoms with E-state index < -0.39 is 17.8 Å². The van der Waals surface area contributed by atoms with Gasteiger partial charge in [-0.15, -0.1) is 0 Å². The van der Waals surface area contributed by atoms with Crippen molar-refractivity contribution in [2.24, 2.45) is 0 Å². The van der Waals surface area contributed by atoms with Crippen LogP contribution in [-0.2, 0) is 6.10 Å². The van der Waals surface area contributed by atoms with Crippen LogP contribution in [0.4, 0.5) is 11.6 Å². The molecule has 1 aliphatic rings. The third-order valence-electron chi connectivity index (χ3n) is 5.64. The highest BCUT2D eigenvalue weighted by Gasteiger charge is 2.32. The van der Waals surface area contributed by atoms with Gasteiger partial charge in [-0.2, -0.15) is 5.10 Å². The SMILES string of the molecule is O=C(O)c1[nH]nc2nc(Nc3cc4c(cn3)n(C(O)(O)O)c(=O)n4C3CCCC3)ccc12. The van der Waals surface area contributed by atoms with Crippen LogP contribution in [-0.4, -0.2) is 55.7 Å². The third-order valence-corrected chi connectivity index (χ3v) is 5.64. The number of nitrogens with zero attached hydrogens (tertiary/aromatic N) is 5. The van der Waals surface area contributed by atoms with Crippen molar-refractivity contribution in [1.29, 1.82) is 0 Å². The number of aliphatic hydroxyl groups is 3. The van der Waals surface area contributed by atoms with Crippen LogP contribution in [0.1, 0.15) is 42.2 Å². The smallest absolute Gasteiger partial charge is 0.377 e. The topological polar surface area (TPSA) is 191 Å². The Kier molecular flexibility index (Phi) is 4.47. The van der Waals surface area contributed by atoms with Crippen molar-refractivity contribution in [3.05, 3.63) is 40.6 Å². The van der Waals surface area contributed by atoms with Crippen molar-refractivity contribution in [2.45, 2.75) is 37.8 Å². The highest BCUT2D eigenvalue weighted by molar-refractivity contribution is 6.00. The Labute approximate surface area is 178 Å². The van der Waals surface area contributed by atoms with E-state index in [4.69, 9.17) is 5.11 Å². The standard InChI is InChI=1S/C19H19N7O6/c27-17(28)15-10-5-6-13(22-16(10)24-23-15)21-14-7-11-12(8-20-14)26(19(30,31)32)18(29)25(11)9-3-1-2-4-9/h5-9,30-32H,1-4H2,(H,27,28)(H2,20,21,22,23,24). The summed E-state index contributed by atoms with van der Waals surface area (Å²) in [6.07, 6.45) is 1.26. The van der Waals surface area contributed by atoms with Crippen LogP contribution in [0.3, 0.4) is 0 Å². The van der Waals surface area contributed by atoms with Gasteiger partial charge in [-0.3, -0.25) is 9.67 Å². The molecule has 0 aromatic carbocycles. The summed E-state index contributed by atoms with van der Waals surface area (Å²) in [5, 5.41) is 48.0. The minimum Gasteiger partial charge on any atom is -0.477 e. The molecule has 4 aromatic rings. The number of fused-ring (bicyclic) bond motifs is 2. The highest BCUT2D eigenvalue weighted by atomic mass is 16.7. The lowest BCUT2D eigenvalue weighted by molar-refractivity contribution is -0.374. The van der Waals surface area contributed by atoms with Crippen LogP contribution in [0.15, 0.2) is 29.2 Å². The second-order valence-electron chi connectivity index (χ2n) is 7.68. The summed E-state index contributed by atoms with van der Waals surface area (Å²) in [4.78, 5) is 32.6. The summed E-state index contributed by atoms with van der Waals surface area (Å²) >= 11 is 0. The zero-order valence-electron chi connectivity index (χ0n) is 16.6. The Morgan fingerprint density at radius 1 is 1.16 bits per heavy atom. The molecule has 13 nitrogen and oxygen atoms in total. The van der Waals surface area contributed by atoms with Crippen LogP contribution in [0.5, 0.6) is 0 Å². The summed E-state index contributed by atoms with van der Waals surface area (Å²) in [6, 6.07) is 4.53. The van der Waals surface area contributed by atoms with E-state index in [9.17, 15) is 24.9 Å². The number of pyridine rings is 2. The fourth-order valence-electron chi connectivity index (χ4n) is 4.25. The molecule has 5 rings (SSSR count). The normalized spacial score (nSPS) is 15.1. The predicted molar refractivity (Wildman–Crippen MR) is 110 cm³/mol. The monoisotopic (exact) mass is 441 g/mol. The average molecular weight is 441 g/mol. The van der Waals surface area contributed by atoms with E-state index in [-0.39, 0.29) is 22.9 Å². The number of hydrogen-bond donors (Lipinski definition) is 6. The fourth-order valence-corrected chi connectivity index (χ4v) is 4.25. The maximum Gasteiger partial charge on any atom is 0.377 e. The number of aromatic nitrogens is 6. The molecule has 0 unspecified atom stereocenters. The second-order valence-corrected chi connectivity index (χ2v) is 7.68. The molecule has 4 aromatic heterocycles. The first-order valence-corrected chi connectivity index (χ1v) is 9.90. The van der Waals surface area contributed by atoms with Gasteiger partial charge in [-0.25, -0.2) is 24.1 Å². The summed E-state index contributed by atoms with van der Waals surface area (Å²) in [5.41, 5.74) is -0.193. The molecule has 166 valence electrons. The first-order valence-electron chi connectivity index (χ1n) is 9.90. The Balaban J connectivity index is 1.58. The average Bonchev–Trinajstić information content (AvgIpc) is 3.43. The molecular formula is C19H19N7O6. The summed E-state index contributed by atoms with van der Waals surface area (Å²) in [6.45, 7) is 0. The molecule has 0 aliphatic heterocycles. The van der Waals surface area contributed by atoms with Gasteiger partial charge in [-0.1, -0.05) is 12.8 Å². The number of carboxylic acid groups (broad SMARTS) is 1. The molecule has 1 aliphatic carbocycles. The van der Waals surface area contributed by atoms with E-state index in [0.29, 0.717) is 27.1 Å². The number of nitrogens with one attached hydrogen (secondary N) is 2. The molecule has 6 N–H and O–H groups in total. The van der Waals surface area contributed by atoms with E-state index >= 15 is 0 Å². The molecule has 0 atom stereocenters. The number of aromatic carboxylic acids is 1. The minimum absolute atomic E-state index is 0.0572. The van der Waals surface area contributed by atoms with Crippen molar-refractivity contribution in [3.63, 3.8) is 0 Å². The highest BCUT2D eigenvalue weighted by Crippen LogP contribution is 2.32. The zero-order chi connectivity index (χ0) is 22.6. The van der Waals surface area contributed by atoms with E-state index in [1.165, 1.54) is 10.8 Å². The van der Waals surface area contributed by atoms with E-state index in [1.807, 2.05) is 0 Å². The van der Waals surface area contributed by atoms with E-state index in [1.54, 1.807) is 18.2 Å². The third kappa shape index (κ3) is 3.19. The van der Waals surface area contributed by atoms with Crippen LogP contribution in [0.25, 0.3) is 22.1 Å². The van der Waals surface area contributed by atoms with Gasteiger partial charge in [0.2, 0.25) is 0 Å². The molecular weight excluding hydrogens is 422 g/mol. The summed E-state index contributed by atoms with van der Waals surface area (Å²) < 4.78 is 1.93. The van der Waals surface area contributed by atoms with Gasteiger partial charge in [0, 0.05) is 12.1 Å². The van der Waals surface area contributed by atoms with Gasteiger partial charge in [0.1, 0.15) is 11.6 Å². The van der Waals surface area contributed by atoms with Gasteiger partial charge in [-0.05, 0) is 25.0 Å². The first-order chi connectivity index (χ1) is 15.2. The number of aromatic amines is 1. The molecule has 4 heterocycles. The fraction of sp³-hybridized carbons (Fsp3) is 0.316. The number of H-pyrrole nitrogens is 1. The quantitative estimate of drug-likeness (QED) is 0.239. The molecule has 1 fully saturated rings. The van der Waals surface area contributed by atoms with Gasteiger partial charge >= 0.3 is 17.8 Å². The predicted octanol–water partition coefficient (Wildman–Crippen LogP) is 0.571. The largest absolute Gasteiger partial charge is 0.477 e. The molecule has 13 heteroatoms. The van der Waals surface area contributed by atoms with Gasteiger partial charge in [0.05, 0.1) is 22.6 Å². The lowest BCUT2D eigenvalue weighted by atomic mass is 10.2. The molecule has 0 spiro atoms. The lowest BCUT2D eigenvalue weighted by Crippen LogP contribution is -2.41. The molecule has 0 radical (unpaired) electrons. The van der Waals surface area contributed by atoms with Gasteiger partial charge in [0.15, 0.2) is 11.3 Å². The van der Waals surface area contributed by atoms with Crippen molar-refractivity contribution >= 4 is 39.7 Å². The van der Waals surface area contributed by atoms with Crippen LogP contribution < -0.4 is 11.0 Å². The van der Waals surface area contributed by atoms with Crippen molar-refractivity contribution in [3.8, 4) is 0 Å². The second kappa shape index (κ2) is 7.12. The number of carbonyl (C=O) groups is 1. The lowest BCUT2D eigenvalue weighted by Gasteiger charge is -2.15. The minimum atomic E-state index is -3.37. The molecule has 0 bridgehead atoms. The Morgan fingerprint density at radius 3 is 2.59 bits per heavy atom. The van der Waals surface area contributed by atoms with E-state index in [0.717, 1.165) is 25.7 Å². The zero-order valence-corrected chi connectivity index (χ0v) is 16.6. The van der Waals surface area contributed by atoms with Gasteiger partial charge < -0.3 is 25.7 Å². The van der Waals surface area contributed by atoms with Crippen molar-refractivity contribution < 1.29 is 25.2 Å². The molecule has 0 saturated heterocycles. The molecule has 32 heavy (non-hydrogen) atoms. The number of carboxylic acids is 1. The number of hydrogen-bond acceptors (Lipinski definition) is 9. The van der Waals surface area contributed by atoms with Gasteiger partial charge in [0.25, 0.3) is 0 Å². The Hall–Kier alpha value is -3.81. The van der Waals surface area contributed by atoms with Crippen LogP contribution >= 0.6 is 0 Å². The number of rotatable bonds is 5. The van der Waals surface area contributed by atoms with Crippen molar-refractivity contribution in [2.75, 3.05) is 5.32 Å². The first kappa shape index (κ1) is 20.1. The summed E-state index contributed by atoms with van der Waals surface area (Å²) in [5.74, 6) is -0.506.